The Labute approximate surface area is 182 Å². The number of benzene rings is 1. The summed E-state index contributed by atoms with van der Waals surface area (Å²) in [5.74, 6) is 0.457. The zero-order chi connectivity index (χ0) is 21.9. The Balaban J connectivity index is 1.53. The van der Waals surface area contributed by atoms with Crippen molar-refractivity contribution in [2.75, 3.05) is 16.8 Å². The monoisotopic (exact) mass is 434 g/mol. The van der Waals surface area contributed by atoms with Crippen molar-refractivity contribution in [3.63, 3.8) is 0 Å². The molecule has 9 heteroatoms. The van der Waals surface area contributed by atoms with E-state index in [1.807, 2.05) is 45.9 Å². The largest absolute Gasteiger partial charge is 0.337 e. The number of nitrogens with one attached hydrogen (secondary N) is 3. The molecule has 158 valence electrons. The van der Waals surface area contributed by atoms with E-state index in [1.54, 1.807) is 17.2 Å². The molecule has 0 saturated carbocycles. The Morgan fingerprint density at radius 3 is 2.81 bits per heavy atom. The number of amides is 2. The van der Waals surface area contributed by atoms with E-state index in [0.717, 1.165) is 27.2 Å². The Hall–Kier alpha value is -3.46. The SMILES string of the molecule is CCN1C(=O)C(C)(C)c2cc3[nH]c(-c4n[nH]cc4NC(=O)c4ccc(C)s4)nc3cc21. The molecule has 0 atom stereocenters. The fourth-order valence-electron chi connectivity index (χ4n) is 4.06. The van der Waals surface area contributed by atoms with Gasteiger partial charge in [0.25, 0.3) is 5.91 Å². The Bertz CT molecular complexity index is 1350. The van der Waals surface area contributed by atoms with Crippen LogP contribution in [0.15, 0.2) is 30.5 Å². The molecule has 1 aromatic carbocycles. The van der Waals surface area contributed by atoms with Crippen LogP contribution in [0.3, 0.4) is 0 Å². The molecule has 3 aromatic heterocycles. The highest BCUT2D eigenvalue weighted by Gasteiger charge is 2.43. The third-order valence-corrected chi connectivity index (χ3v) is 6.74. The number of rotatable bonds is 4. The minimum Gasteiger partial charge on any atom is -0.337 e. The topological polar surface area (TPSA) is 107 Å². The molecule has 3 N–H and O–H groups in total. The van der Waals surface area contributed by atoms with Gasteiger partial charge >= 0.3 is 0 Å². The van der Waals surface area contributed by atoms with E-state index in [-0.39, 0.29) is 11.8 Å². The molecule has 0 aliphatic carbocycles. The van der Waals surface area contributed by atoms with Gasteiger partial charge in [-0.1, -0.05) is 0 Å². The van der Waals surface area contributed by atoms with Crippen molar-refractivity contribution in [3.05, 3.63) is 45.8 Å². The van der Waals surface area contributed by atoms with Crippen LogP contribution in [0.2, 0.25) is 0 Å². The second-order valence-corrected chi connectivity index (χ2v) is 9.45. The van der Waals surface area contributed by atoms with Gasteiger partial charge < -0.3 is 15.2 Å². The third kappa shape index (κ3) is 2.96. The Kier molecular flexibility index (Phi) is 4.26. The number of hydrogen-bond acceptors (Lipinski definition) is 5. The van der Waals surface area contributed by atoms with E-state index in [4.69, 9.17) is 4.98 Å². The number of thiophene rings is 1. The molecule has 0 unspecified atom stereocenters. The summed E-state index contributed by atoms with van der Waals surface area (Å²) in [5.41, 5.74) is 3.93. The Morgan fingerprint density at radius 1 is 1.29 bits per heavy atom. The predicted molar refractivity (Wildman–Crippen MR) is 122 cm³/mol. The molecule has 1 aliphatic heterocycles. The quantitative estimate of drug-likeness (QED) is 0.447. The minimum atomic E-state index is -0.588. The normalized spacial score (nSPS) is 15.0. The number of carbonyl (C=O) groups is 2. The molecule has 5 rings (SSSR count). The number of aromatic nitrogens is 4. The lowest BCUT2D eigenvalue weighted by Crippen LogP contribution is -2.35. The number of anilines is 2. The van der Waals surface area contributed by atoms with Crippen LogP contribution < -0.4 is 10.2 Å². The van der Waals surface area contributed by atoms with Crippen LogP contribution in [0, 0.1) is 6.92 Å². The highest BCUT2D eigenvalue weighted by molar-refractivity contribution is 7.14. The number of likely N-dealkylation sites (N-methyl/N-ethyl adjacent to an activating group) is 1. The smallest absolute Gasteiger partial charge is 0.265 e. The van der Waals surface area contributed by atoms with E-state index >= 15 is 0 Å². The lowest BCUT2D eigenvalue weighted by atomic mass is 9.86. The summed E-state index contributed by atoms with van der Waals surface area (Å²) in [4.78, 5) is 36.9. The molecule has 2 amide bonds. The van der Waals surface area contributed by atoms with Crippen molar-refractivity contribution in [2.45, 2.75) is 33.1 Å². The number of aromatic amines is 2. The lowest BCUT2D eigenvalue weighted by molar-refractivity contribution is -0.122. The molecule has 31 heavy (non-hydrogen) atoms. The predicted octanol–water partition coefficient (Wildman–Crippen LogP) is 4.22. The van der Waals surface area contributed by atoms with Crippen molar-refractivity contribution in [1.82, 2.24) is 20.2 Å². The number of carbonyl (C=O) groups excluding carboxylic acids is 2. The highest BCUT2D eigenvalue weighted by Crippen LogP contribution is 2.43. The zero-order valence-corrected chi connectivity index (χ0v) is 18.5. The van der Waals surface area contributed by atoms with Gasteiger partial charge in [-0.3, -0.25) is 14.7 Å². The van der Waals surface area contributed by atoms with Gasteiger partial charge in [0.1, 0.15) is 0 Å². The maximum Gasteiger partial charge on any atom is 0.265 e. The summed E-state index contributed by atoms with van der Waals surface area (Å²) < 4.78 is 0. The number of hydrogen-bond donors (Lipinski definition) is 3. The zero-order valence-electron chi connectivity index (χ0n) is 17.7. The maximum absolute atomic E-state index is 12.8. The highest BCUT2D eigenvalue weighted by atomic mass is 32.1. The molecule has 0 saturated heterocycles. The van der Waals surface area contributed by atoms with Crippen molar-refractivity contribution in [1.29, 1.82) is 0 Å². The fraction of sp³-hybridized carbons (Fsp3) is 0.273. The van der Waals surface area contributed by atoms with Gasteiger partial charge in [0.05, 0.1) is 32.7 Å². The van der Waals surface area contributed by atoms with E-state index in [2.05, 4.69) is 20.5 Å². The molecule has 0 fully saturated rings. The third-order valence-electron chi connectivity index (χ3n) is 5.74. The van der Waals surface area contributed by atoms with Gasteiger partial charge in [0, 0.05) is 17.6 Å². The van der Waals surface area contributed by atoms with Gasteiger partial charge in [-0.25, -0.2) is 4.98 Å². The van der Waals surface area contributed by atoms with Crippen LogP contribution in [0.4, 0.5) is 11.4 Å². The second kappa shape index (κ2) is 6.78. The first-order valence-electron chi connectivity index (χ1n) is 10.1. The molecule has 8 nitrogen and oxygen atoms in total. The van der Waals surface area contributed by atoms with Crippen molar-refractivity contribution < 1.29 is 9.59 Å². The molecule has 4 heterocycles. The first-order chi connectivity index (χ1) is 14.8. The average molecular weight is 435 g/mol. The molecule has 0 radical (unpaired) electrons. The van der Waals surface area contributed by atoms with Gasteiger partial charge in [0.15, 0.2) is 11.5 Å². The van der Waals surface area contributed by atoms with Crippen molar-refractivity contribution in [3.8, 4) is 11.5 Å². The van der Waals surface area contributed by atoms with Crippen LogP contribution in [0.1, 0.15) is 40.9 Å². The van der Waals surface area contributed by atoms with Crippen LogP contribution in [0.25, 0.3) is 22.6 Å². The summed E-state index contributed by atoms with van der Waals surface area (Å²) >= 11 is 1.44. The van der Waals surface area contributed by atoms with Gasteiger partial charge in [-0.2, -0.15) is 5.10 Å². The summed E-state index contributed by atoms with van der Waals surface area (Å²) in [7, 11) is 0. The molecule has 0 bridgehead atoms. The number of nitrogens with zero attached hydrogens (tertiary/aromatic N) is 3. The first-order valence-corrected chi connectivity index (χ1v) is 10.9. The summed E-state index contributed by atoms with van der Waals surface area (Å²) in [5, 5.41) is 10.0. The minimum absolute atomic E-state index is 0.0963. The van der Waals surface area contributed by atoms with Crippen molar-refractivity contribution >= 4 is 45.6 Å². The first kappa shape index (κ1) is 19.5. The van der Waals surface area contributed by atoms with E-state index in [9.17, 15) is 9.59 Å². The molecule has 0 spiro atoms. The van der Waals surface area contributed by atoms with Crippen molar-refractivity contribution in [2.24, 2.45) is 0 Å². The maximum atomic E-state index is 12.8. The van der Waals surface area contributed by atoms with Gasteiger partial charge in [-0.15, -0.1) is 11.3 Å². The van der Waals surface area contributed by atoms with Crippen LogP contribution in [-0.2, 0) is 10.2 Å². The van der Waals surface area contributed by atoms with Crippen LogP contribution in [0.5, 0.6) is 0 Å². The molecule has 4 aromatic rings. The van der Waals surface area contributed by atoms with Gasteiger partial charge in [-0.05, 0) is 57.5 Å². The molecular formula is C22H22N6O2S. The second-order valence-electron chi connectivity index (χ2n) is 8.16. The average Bonchev–Trinajstić information content (AvgIpc) is 3.48. The number of imidazole rings is 1. The lowest BCUT2D eigenvalue weighted by Gasteiger charge is -2.18. The number of aryl methyl sites for hydroxylation is 1. The number of fused-ring (bicyclic) bond motifs is 2. The Morgan fingerprint density at radius 2 is 2.10 bits per heavy atom. The summed E-state index contributed by atoms with van der Waals surface area (Å²) in [6.45, 7) is 8.43. The summed E-state index contributed by atoms with van der Waals surface area (Å²) in [6, 6.07) is 7.66. The van der Waals surface area contributed by atoms with E-state index < -0.39 is 5.41 Å². The molecule has 1 aliphatic rings. The standard InChI is InChI=1S/C22H22N6O2S/c1-5-28-16-9-14-13(8-12(16)22(3,4)21(28)30)24-19(25-14)18-15(10-23-27-18)26-20(29)17-7-6-11(2)31-17/h6-10H,5H2,1-4H3,(H,23,27)(H,24,25)(H,26,29). The fourth-order valence-corrected chi connectivity index (χ4v) is 4.83. The van der Waals surface area contributed by atoms with Crippen LogP contribution in [-0.4, -0.2) is 38.5 Å². The van der Waals surface area contributed by atoms with E-state index in [1.165, 1.54) is 11.3 Å². The van der Waals surface area contributed by atoms with E-state index in [0.29, 0.717) is 28.6 Å². The molecular weight excluding hydrogens is 412 g/mol. The van der Waals surface area contributed by atoms with Crippen LogP contribution >= 0.6 is 11.3 Å². The summed E-state index contributed by atoms with van der Waals surface area (Å²) in [6.07, 6.45) is 1.64. The van der Waals surface area contributed by atoms with Gasteiger partial charge in [0.2, 0.25) is 5.91 Å². The number of H-pyrrole nitrogens is 2.